The highest BCUT2D eigenvalue weighted by atomic mass is 16.5. The summed E-state index contributed by atoms with van der Waals surface area (Å²) in [5.41, 5.74) is 0.746. The molecule has 2 unspecified atom stereocenters. The number of benzene rings is 1. The number of hydrogen-bond donors (Lipinski definition) is 3. The van der Waals surface area contributed by atoms with Gasteiger partial charge in [-0.3, -0.25) is 0 Å². The Hall–Kier alpha value is -1.10. The SMILES string of the molecule is CCNC1(CO)CCCC1CCOc1cccc(CO)c1. The summed E-state index contributed by atoms with van der Waals surface area (Å²) in [7, 11) is 0. The Balaban J connectivity index is 1.87. The maximum atomic E-state index is 9.77. The van der Waals surface area contributed by atoms with E-state index in [2.05, 4.69) is 12.2 Å². The highest BCUT2D eigenvalue weighted by molar-refractivity contribution is 5.27. The Labute approximate surface area is 127 Å². The van der Waals surface area contributed by atoms with Gasteiger partial charge < -0.3 is 20.3 Å². The predicted molar refractivity (Wildman–Crippen MR) is 83.3 cm³/mol. The summed E-state index contributed by atoms with van der Waals surface area (Å²) in [5, 5.41) is 22.4. The van der Waals surface area contributed by atoms with Crippen LogP contribution in [0.2, 0.25) is 0 Å². The topological polar surface area (TPSA) is 61.7 Å². The number of rotatable bonds is 8. The van der Waals surface area contributed by atoms with Crippen molar-refractivity contribution >= 4 is 0 Å². The Bertz CT molecular complexity index is 438. The minimum Gasteiger partial charge on any atom is -0.494 e. The van der Waals surface area contributed by atoms with Gasteiger partial charge in [-0.2, -0.15) is 0 Å². The lowest BCUT2D eigenvalue weighted by Gasteiger charge is -2.34. The summed E-state index contributed by atoms with van der Waals surface area (Å²) in [6.07, 6.45) is 4.30. The van der Waals surface area contributed by atoms with Crippen LogP contribution in [0.1, 0.15) is 38.2 Å². The molecule has 4 heteroatoms. The minimum absolute atomic E-state index is 0.0356. The van der Waals surface area contributed by atoms with Crippen LogP contribution in [0, 0.1) is 5.92 Å². The zero-order chi connectivity index (χ0) is 15.1. The smallest absolute Gasteiger partial charge is 0.119 e. The molecule has 0 amide bonds. The number of hydrogen-bond acceptors (Lipinski definition) is 4. The molecular formula is C17H27NO3. The fourth-order valence-corrected chi connectivity index (χ4v) is 3.47. The molecule has 1 aromatic rings. The second-order valence-electron chi connectivity index (χ2n) is 5.88. The van der Waals surface area contributed by atoms with Crippen LogP contribution in [0.5, 0.6) is 5.75 Å². The number of nitrogens with one attached hydrogen (secondary N) is 1. The van der Waals surface area contributed by atoms with E-state index in [1.165, 1.54) is 0 Å². The summed E-state index contributed by atoms with van der Waals surface area (Å²) in [5.74, 6) is 1.26. The van der Waals surface area contributed by atoms with E-state index in [9.17, 15) is 5.11 Å². The summed E-state index contributed by atoms with van der Waals surface area (Å²) in [6, 6.07) is 7.56. The number of likely N-dealkylation sites (N-methyl/N-ethyl adjacent to an activating group) is 1. The molecule has 118 valence electrons. The summed E-state index contributed by atoms with van der Waals surface area (Å²) < 4.78 is 5.81. The van der Waals surface area contributed by atoms with E-state index < -0.39 is 0 Å². The Morgan fingerprint density at radius 2 is 2.24 bits per heavy atom. The summed E-state index contributed by atoms with van der Waals surface area (Å²) >= 11 is 0. The number of aliphatic hydroxyl groups is 2. The maximum absolute atomic E-state index is 9.77. The van der Waals surface area contributed by atoms with Gasteiger partial charge in [0.1, 0.15) is 5.75 Å². The van der Waals surface area contributed by atoms with E-state index in [1.54, 1.807) is 0 Å². The molecule has 0 aromatic heterocycles. The average molecular weight is 293 g/mol. The van der Waals surface area contributed by atoms with E-state index in [0.29, 0.717) is 12.5 Å². The molecular weight excluding hydrogens is 266 g/mol. The van der Waals surface area contributed by atoms with Crippen molar-refractivity contribution < 1.29 is 14.9 Å². The van der Waals surface area contributed by atoms with Crippen LogP contribution in [-0.4, -0.2) is 35.5 Å². The van der Waals surface area contributed by atoms with Crippen LogP contribution >= 0.6 is 0 Å². The van der Waals surface area contributed by atoms with Crippen LogP contribution in [0.15, 0.2) is 24.3 Å². The second kappa shape index (κ2) is 7.78. The maximum Gasteiger partial charge on any atom is 0.119 e. The van der Waals surface area contributed by atoms with Gasteiger partial charge >= 0.3 is 0 Å². The van der Waals surface area contributed by atoms with Crippen molar-refractivity contribution in [1.82, 2.24) is 5.32 Å². The molecule has 4 nitrogen and oxygen atoms in total. The summed E-state index contributed by atoms with van der Waals surface area (Å²) in [6.45, 7) is 3.85. The highest BCUT2D eigenvalue weighted by Crippen LogP contribution is 2.37. The molecule has 0 saturated heterocycles. The van der Waals surface area contributed by atoms with Gasteiger partial charge in [-0.25, -0.2) is 0 Å². The first-order valence-corrected chi connectivity index (χ1v) is 7.92. The van der Waals surface area contributed by atoms with Crippen LogP contribution in [0.3, 0.4) is 0 Å². The largest absolute Gasteiger partial charge is 0.494 e. The first kappa shape index (κ1) is 16.3. The predicted octanol–water partition coefficient (Wildman–Crippen LogP) is 2.09. The van der Waals surface area contributed by atoms with E-state index in [1.807, 2.05) is 24.3 Å². The second-order valence-corrected chi connectivity index (χ2v) is 5.88. The van der Waals surface area contributed by atoms with Gasteiger partial charge in [0, 0.05) is 5.54 Å². The molecule has 0 heterocycles. The third-order valence-electron chi connectivity index (χ3n) is 4.58. The molecule has 2 rings (SSSR count). The average Bonchev–Trinajstić information content (AvgIpc) is 2.91. The fourth-order valence-electron chi connectivity index (χ4n) is 3.47. The van der Waals surface area contributed by atoms with Crippen molar-refractivity contribution in [2.45, 2.75) is 44.8 Å². The normalized spacial score (nSPS) is 25.2. The molecule has 21 heavy (non-hydrogen) atoms. The van der Waals surface area contributed by atoms with Gasteiger partial charge in [0.05, 0.1) is 19.8 Å². The van der Waals surface area contributed by atoms with Crippen molar-refractivity contribution in [3.8, 4) is 5.75 Å². The standard InChI is InChI=1S/C17H27NO3/c1-2-18-17(13-20)9-4-6-15(17)8-10-21-16-7-3-5-14(11-16)12-19/h3,5,7,11,15,18-20H,2,4,6,8-10,12-13H2,1H3. The van der Waals surface area contributed by atoms with Crippen molar-refractivity contribution in [1.29, 1.82) is 0 Å². The Morgan fingerprint density at radius 3 is 2.95 bits per heavy atom. The molecule has 1 aliphatic carbocycles. The molecule has 0 spiro atoms. The quantitative estimate of drug-likeness (QED) is 0.687. The summed E-state index contributed by atoms with van der Waals surface area (Å²) in [4.78, 5) is 0. The van der Waals surface area contributed by atoms with Gasteiger partial charge in [0.25, 0.3) is 0 Å². The van der Waals surface area contributed by atoms with Gasteiger partial charge in [0.15, 0.2) is 0 Å². The first-order valence-electron chi connectivity index (χ1n) is 7.92. The minimum atomic E-state index is -0.120. The van der Waals surface area contributed by atoms with Crippen molar-refractivity contribution in [2.24, 2.45) is 5.92 Å². The van der Waals surface area contributed by atoms with E-state index in [4.69, 9.17) is 9.84 Å². The molecule has 1 saturated carbocycles. The molecule has 0 aliphatic heterocycles. The van der Waals surface area contributed by atoms with Gasteiger partial charge in [0.2, 0.25) is 0 Å². The van der Waals surface area contributed by atoms with Gasteiger partial charge in [-0.1, -0.05) is 25.5 Å². The lowest BCUT2D eigenvalue weighted by atomic mass is 9.85. The monoisotopic (exact) mass is 293 g/mol. The third kappa shape index (κ3) is 3.96. The molecule has 1 aliphatic rings. The highest BCUT2D eigenvalue weighted by Gasteiger charge is 2.41. The van der Waals surface area contributed by atoms with Crippen LogP contribution in [0.4, 0.5) is 0 Å². The Morgan fingerprint density at radius 1 is 1.38 bits per heavy atom. The van der Waals surface area contributed by atoms with E-state index in [0.717, 1.165) is 43.5 Å². The van der Waals surface area contributed by atoms with Crippen LogP contribution in [-0.2, 0) is 6.61 Å². The zero-order valence-electron chi connectivity index (χ0n) is 12.8. The molecule has 3 N–H and O–H groups in total. The van der Waals surface area contributed by atoms with E-state index >= 15 is 0 Å². The zero-order valence-corrected chi connectivity index (χ0v) is 12.8. The third-order valence-corrected chi connectivity index (χ3v) is 4.58. The molecule has 2 atom stereocenters. The van der Waals surface area contributed by atoms with Crippen molar-refractivity contribution in [3.05, 3.63) is 29.8 Å². The van der Waals surface area contributed by atoms with E-state index in [-0.39, 0.29) is 18.8 Å². The van der Waals surface area contributed by atoms with Gasteiger partial charge in [-0.15, -0.1) is 0 Å². The van der Waals surface area contributed by atoms with Gasteiger partial charge in [-0.05, 0) is 49.4 Å². The van der Waals surface area contributed by atoms with Crippen LogP contribution in [0.25, 0.3) is 0 Å². The lowest BCUT2D eigenvalue weighted by molar-refractivity contribution is 0.111. The fraction of sp³-hybridized carbons (Fsp3) is 0.647. The molecule has 0 bridgehead atoms. The number of aliphatic hydroxyl groups excluding tert-OH is 2. The number of ether oxygens (including phenoxy) is 1. The van der Waals surface area contributed by atoms with Crippen molar-refractivity contribution in [3.63, 3.8) is 0 Å². The molecule has 1 fully saturated rings. The Kier molecular flexibility index (Phi) is 6.03. The van der Waals surface area contributed by atoms with Crippen molar-refractivity contribution in [2.75, 3.05) is 19.8 Å². The molecule has 1 aromatic carbocycles. The lowest BCUT2D eigenvalue weighted by Crippen LogP contribution is -2.51. The van der Waals surface area contributed by atoms with Crippen LogP contribution < -0.4 is 10.1 Å². The molecule has 0 radical (unpaired) electrons. The first-order chi connectivity index (χ1) is 10.2.